The predicted molar refractivity (Wildman–Crippen MR) is 154 cm³/mol. The second kappa shape index (κ2) is 13.0. The number of nitrogens with one attached hydrogen (secondary N) is 2. The highest BCUT2D eigenvalue weighted by Gasteiger charge is 2.17. The summed E-state index contributed by atoms with van der Waals surface area (Å²) in [5, 5.41) is 14.7. The SMILES string of the molecule is N#Cc1cccc(Oc2ncccc2C(=O)NCc2ccccc2-c2ccc(C(=O)NCc3ccccn3)cc2F)c1. The van der Waals surface area contributed by atoms with Gasteiger partial charge in [-0.2, -0.15) is 5.26 Å². The van der Waals surface area contributed by atoms with Crippen molar-refractivity contribution in [2.24, 2.45) is 0 Å². The summed E-state index contributed by atoms with van der Waals surface area (Å²) in [4.78, 5) is 34.1. The van der Waals surface area contributed by atoms with Crippen LogP contribution in [0.5, 0.6) is 11.6 Å². The van der Waals surface area contributed by atoms with Gasteiger partial charge in [-0.15, -0.1) is 0 Å². The zero-order chi connectivity index (χ0) is 29.3. The number of rotatable bonds is 9. The lowest BCUT2D eigenvalue weighted by atomic mass is 9.97. The van der Waals surface area contributed by atoms with E-state index >= 15 is 4.39 Å². The first-order chi connectivity index (χ1) is 20.5. The van der Waals surface area contributed by atoms with E-state index in [4.69, 9.17) is 10.00 Å². The summed E-state index contributed by atoms with van der Waals surface area (Å²) in [5.41, 5.74) is 3.03. The van der Waals surface area contributed by atoms with Gasteiger partial charge >= 0.3 is 0 Å². The van der Waals surface area contributed by atoms with E-state index < -0.39 is 17.6 Å². The summed E-state index contributed by atoms with van der Waals surface area (Å²) in [6, 6.07) is 28.6. The first-order valence-electron chi connectivity index (χ1n) is 13.0. The molecule has 2 heterocycles. The lowest BCUT2D eigenvalue weighted by molar-refractivity contribution is 0.0940. The average Bonchev–Trinajstić information content (AvgIpc) is 3.03. The second-order valence-electron chi connectivity index (χ2n) is 9.14. The lowest BCUT2D eigenvalue weighted by Crippen LogP contribution is -2.24. The third-order valence-corrected chi connectivity index (χ3v) is 6.33. The van der Waals surface area contributed by atoms with Crippen molar-refractivity contribution in [1.29, 1.82) is 5.26 Å². The van der Waals surface area contributed by atoms with Gasteiger partial charge in [-0.25, -0.2) is 9.37 Å². The monoisotopic (exact) mass is 557 g/mol. The number of ether oxygens (including phenoxy) is 1. The molecule has 0 bridgehead atoms. The molecule has 0 spiro atoms. The van der Waals surface area contributed by atoms with Gasteiger partial charge in [-0.05, 0) is 65.7 Å². The Bertz CT molecular complexity index is 1790. The van der Waals surface area contributed by atoms with Crippen molar-refractivity contribution in [2.75, 3.05) is 0 Å². The Balaban J connectivity index is 1.29. The van der Waals surface area contributed by atoms with Gasteiger partial charge in [0, 0.05) is 30.1 Å². The van der Waals surface area contributed by atoms with Gasteiger partial charge in [0.2, 0.25) is 5.88 Å². The number of halogens is 1. The van der Waals surface area contributed by atoms with Crippen molar-refractivity contribution in [3.8, 4) is 28.8 Å². The minimum atomic E-state index is -0.568. The molecule has 0 radical (unpaired) electrons. The maximum Gasteiger partial charge on any atom is 0.257 e. The third kappa shape index (κ3) is 6.63. The molecular weight excluding hydrogens is 533 g/mol. The van der Waals surface area contributed by atoms with E-state index in [0.717, 1.165) is 0 Å². The zero-order valence-corrected chi connectivity index (χ0v) is 22.3. The molecule has 5 rings (SSSR count). The summed E-state index contributed by atoms with van der Waals surface area (Å²) in [5.74, 6) is -0.968. The number of aromatic nitrogens is 2. The van der Waals surface area contributed by atoms with Gasteiger partial charge in [0.15, 0.2) is 0 Å². The number of amides is 2. The number of hydrogen-bond donors (Lipinski definition) is 2. The standard InChI is InChI=1S/C33H24FN5O3/c34-30-18-23(31(40)39-21-25-9-3-4-15-36-25)13-14-28(30)27-11-2-1-8-24(27)20-38-32(41)29-12-6-16-37-33(29)42-26-10-5-7-22(17-26)19-35/h1-18H,20-21H2,(H,38,41)(H,39,40). The fourth-order valence-electron chi connectivity index (χ4n) is 4.24. The van der Waals surface area contributed by atoms with E-state index in [1.54, 1.807) is 91.1 Å². The second-order valence-corrected chi connectivity index (χ2v) is 9.14. The highest BCUT2D eigenvalue weighted by molar-refractivity contribution is 5.96. The molecule has 0 atom stereocenters. The number of nitrogens with zero attached hydrogens (tertiary/aromatic N) is 3. The molecule has 9 heteroatoms. The highest BCUT2D eigenvalue weighted by atomic mass is 19.1. The van der Waals surface area contributed by atoms with Crippen LogP contribution in [0.1, 0.15) is 37.5 Å². The Kier molecular flexibility index (Phi) is 8.56. The van der Waals surface area contributed by atoms with Crippen LogP contribution in [0.25, 0.3) is 11.1 Å². The van der Waals surface area contributed by atoms with Crippen molar-refractivity contribution in [1.82, 2.24) is 20.6 Å². The molecule has 2 N–H and O–H groups in total. The van der Waals surface area contributed by atoms with E-state index in [1.165, 1.54) is 12.3 Å². The molecule has 0 aliphatic heterocycles. The first kappa shape index (κ1) is 27.7. The van der Waals surface area contributed by atoms with Gasteiger partial charge in [-0.3, -0.25) is 14.6 Å². The first-order valence-corrected chi connectivity index (χ1v) is 13.0. The molecule has 0 saturated carbocycles. The molecular formula is C33H24FN5O3. The summed E-state index contributed by atoms with van der Waals surface area (Å²) in [7, 11) is 0. The quantitative estimate of drug-likeness (QED) is 0.236. The van der Waals surface area contributed by atoms with Crippen LogP contribution in [0, 0.1) is 17.1 Å². The van der Waals surface area contributed by atoms with Crippen LogP contribution in [-0.2, 0) is 13.1 Å². The molecule has 2 amide bonds. The largest absolute Gasteiger partial charge is 0.438 e. The Labute approximate surface area is 241 Å². The Morgan fingerprint density at radius 1 is 0.786 bits per heavy atom. The van der Waals surface area contributed by atoms with Crippen LogP contribution in [-0.4, -0.2) is 21.8 Å². The molecule has 0 unspecified atom stereocenters. The van der Waals surface area contributed by atoms with E-state index in [9.17, 15) is 9.59 Å². The molecule has 0 saturated heterocycles. The summed E-state index contributed by atoms with van der Waals surface area (Å²) in [6.07, 6.45) is 3.14. The predicted octanol–water partition coefficient (Wildman–Crippen LogP) is 5.81. The molecule has 0 fully saturated rings. The molecule has 8 nitrogen and oxygen atoms in total. The molecule has 5 aromatic rings. The normalized spacial score (nSPS) is 10.4. The number of nitriles is 1. The van der Waals surface area contributed by atoms with Crippen LogP contribution >= 0.6 is 0 Å². The van der Waals surface area contributed by atoms with Crippen LogP contribution in [0.15, 0.2) is 109 Å². The summed E-state index contributed by atoms with van der Waals surface area (Å²) < 4.78 is 21.1. The van der Waals surface area contributed by atoms with Crippen LogP contribution in [0.3, 0.4) is 0 Å². The van der Waals surface area contributed by atoms with Gasteiger partial charge in [0.1, 0.15) is 17.1 Å². The molecule has 0 aliphatic rings. The smallest absolute Gasteiger partial charge is 0.257 e. The fraction of sp³-hybridized carbons (Fsp3) is 0.0606. The topological polar surface area (TPSA) is 117 Å². The number of hydrogen-bond acceptors (Lipinski definition) is 6. The van der Waals surface area contributed by atoms with E-state index in [1.807, 2.05) is 12.1 Å². The minimum absolute atomic E-state index is 0.0846. The van der Waals surface area contributed by atoms with E-state index in [0.29, 0.717) is 33.7 Å². The highest BCUT2D eigenvalue weighted by Crippen LogP contribution is 2.28. The van der Waals surface area contributed by atoms with Gasteiger partial charge < -0.3 is 15.4 Å². The number of carbonyl (C=O) groups excluding carboxylic acids is 2. The Hall–Kier alpha value is -5.88. The van der Waals surface area contributed by atoms with Gasteiger partial charge in [0.25, 0.3) is 11.8 Å². The van der Waals surface area contributed by atoms with Crippen molar-refractivity contribution >= 4 is 11.8 Å². The lowest BCUT2D eigenvalue weighted by Gasteiger charge is -2.14. The van der Waals surface area contributed by atoms with Crippen molar-refractivity contribution in [3.05, 3.63) is 143 Å². The van der Waals surface area contributed by atoms with E-state index in [-0.39, 0.29) is 30.1 Å². The average molecular weight is 558 g/mol. The number of carbonyl (C=O) groups is 2. The maximum atomic E-state index is 15.3. The van der Waals surface area contributed by atoms with Gasteiger partial charge in [0.05, 0.1) is 23.9 Å². The Morgan fingerprint density at radius 3 is 2.40 bits per heavy atom. The third-order valence-electron chi connectivity index (χ3n) is 6.33. The molecule has 2 aromatic heterocycles. The molecule has 42 heavy (non-hydrogen) atoms. The molecule has 0 aliphatic carbocycles. The van der Waals surface area contributed by atoms with Crippen molar-refractivity contribution in [3.63, 3.8) is 0 Å². The maximum absolute atomic E-state index is 15.3. The number of benzene rings is 3. The van der Waals surface area contributed by atoms with Crippen LogP contribution < -0.4 is 15.4 Å². The zero-order valence-electron chi connectivity index (χ0n) is 22.3. The fourth-order valence-corrected chi connectivity index (χ4v) is 4.24. The minimum Gasteiger partial charge on any atom is -0.438 e. The summed E-state index contributed by atoms with van der Waals surface area (Å²) >= 11 is 0. The van der Waals surface area contributed by atoms with Crippen molar-refractivity contribution in [2.45, 2.75) is 13.1 Å². The summed E-state index contributed by atoms with van der Waals surface area (Å²) in [6.45, 7) is 0.320. The van der Waals surface area contributed by atoms with Crippen molar-refractivity contribution < 1.29 is 18.7 Å². The van der Waals surface area contributed by atoms with Crippen LogP contribution in [0.4, 0.5) is 4.39 Å². The Morgan fingerprint density at radius 2 is 1.60 bits per heavy atom. The molecule has 206 valence electrons. The van der Waals surface area contributed by atoms with Gasteiger partial charge in [-0.1, -0.05) is 42.5 Å². The van der Waals surface area contributed by atoms with Crippen LogP contribution in [0.2, 0.25) is 0 Å². The van der Waals surface area contributed by atoms with E-state index in [2.05, 4.69) is 20.6 Å². The number of pyridine rings is 2. The molecule has 3 aromatic carbocycles.